The Morgan fingerprint density at radius 1 is 1.50 bits per heavy atom. The average molecular weight is 247 g/mol. The number of hydrogen-bond donors (Lipinski definition) is 3. The van der Waals surface area contributed by atoms with Crippen molar-refractivity contribution >= 4 is 16.8 Å². The zero-order valence-electron chi connectivity index (χ0n) is 10.5. The lowest BCUT2D eigenvalue weighted by atomic mass is 10.0. The largest absolute Gasteiger partial charge is 0.394 e. The Morgan fingerprint density at radius 3 is 2.94 bits per heavy atom. The lowest BCUT2D eigenvalue weighted by molar-refractivity contribution is 0.0897. The summed E-state index contributed by atoms with van der Waals surface area (Å²) >= 11 is 0. The van der Waals surface area contributed by atoms with Crippen molar-refractivity contribution in [1.82, 2.24) is 15.5 Å². The fraction of sp³-hybridized carbons (Fsp3) is 0.385. The molecule has 0 radical (unpaired) electrons. The van der Waals surface area contributed by atoms with Gasteiger partial charge in [0.1, 0.15) is 0 Å². The molecule has 5 heteroatoms. The fourth-order valence-corrected chi connectivity index (χ4v) is 1.76. The van der Waals surface area contributed by atoms with Crippen molar-refractivity contribution in [2.75, 3.05) is 6.61 Å². The first-order valence-corrected chi connectivity index (χ1v) is 5.96. The van der Waals surface area contributed by atoms with Gasteiger partial charge in [-0.25, -0.2) is 0 Å². The Labute approximate surface area is 105 Å². The van der Waals surface area contributed by atoms with E-state index in [4.69, 9.17) is 0 Å². The van der Waals surface area contributed by atoms with Crippen molar-refractivity contribution < 1.29 is 9.90 Å². The maximum absolute atomic E-state index is 12.0. The molecule has 0 bridgehead atoms. The van der Waals surface area contributed by atoms with Gasteiger partial charge >= 0.3 is 0 Å². The molecule has 3 N–H and O–H groups in total. The Bertz CT molecular complexity index is 548. The second-order valence-corrected chi connectivity index (χ2v) is 4.68. The minimum Gasteiger partial charge on any atom is -0.394 e. The van der Waals surface area contributed by atoms with Crippen LogP contribution < -0.4 is 5.32 Å². The summed E-state index contributed by atoms with van der Waals surface area (Å²) in [6, 6.07) is 5.12. The zero-order valence-corrected chi connectivity index (χ0v) is 10.5. The summed E-state index contributed by atoms with van der Waals surface area (Å²) < 4.78 is 0. The van der Waals surface area contributed by atoms with Gasteiger partial charge in [-0.15, -0.1) is 0 Å². The molecule has 0 aliphatic rings. The van der Waals surface area contributed by atoms with E-state index in [9.17, 15) is 9.90 Å². The predicted molar refractivity (Wildman–Crippen MR) is 69.3 cm³/mol. The molecular weight excluding hydrogens is 230 g/mol. The normalized spacial score (nSPS) is 12.9. The van der Waals surface area contributed by atoms with Crippen LogP contribution >= 0.6 is 0 Å². The number of carbonyl (C=O) groups is 1. The number of aliphatic hydroxyl groups is 1. The van der Waals surface area contributed by atoms with Crippen LogP contribution in [0, 0.1) is 5.92 Å². The van der Waals surface area contributed by atoms with Gasteiger partial charge in [-0.05, 0) is 24.1 Å². The SMILES string of the molecule is CC(C)C(CO)NC(=O)c1ccc2[nH]ncc2c1. The number of amides is 1. The van der Waals surface area contributed by atoms with Gasteiger partial charge in [0.2, 0.25) is 0 Å². The Kier molecular flexibility index (Phi) is 3.62. The third kappa shape index (κ3) is 2.51. The van der Waals surface area contributed by atoms with Crippen LogP contribution in [0.25, 0.3) is 10.9 Å². The number of carbonyl (C=O) groups excluding carboxylic acids is 1. The van der Waals surface area contributed by atoms with E-state index in [1.807, 2.05) is 19.9 Å². The van der Waals surface area contributed by atoms with E-state index in [0.29, 0.717) is 5.56 Å². The van der Waals surface area contributed by atoms with E-state index in [0.717, 1.165) is 10.9 Å². The van der Waals surface area contributed by atoms with Crippen LogP contribution in [0.2, 0.25) is 0 Å². The Hall–Kier alpha value is -1.88. The zero-order chi connectivity index (χ0) is 13.1. The highest BCUT2D eigenvalue weighted by Crippen LogP contribution is 2.13. The summed E-state index contributed by atoms with van der Waals surface area (Å²) in [7, 11) is 0. The molecule has 1 atom stereocenters. The first-order valence-electron chi connectivity index (χ1n) is 5.96. The van der Waals surface area contributed by atoms with Gasteiger partial charge in [0, 0.05) is 10.9 Å². The maximum Gasteiger partial charge on any atom is 0.251 e. The topological polar surface area (TPSA) is 78.0 Å². The minimum atomic E-state index is -0.224. The van der Waals surface area contributed by atoms with Gasteiger partial charge in [-0.3, -0.25) is 9.89 Å². The highest BCUT2D eigenvalue weighted by molar-refractivity contribution is 5.98. The molecule has 0 fully saturated rings. The molecule has 2 aromatic rings. The van der Waals surface area contributed by atoms with E-state index in [2.05, 4.69) is 15.5 Å². The Balaban J connectivity index is 2.17. The van der Waals surface area contributed by atoms with Crippen LogP contribution in [-0.2, 0) is 0 Å². The average Bonchev–Trinajstić information content (AvgIpc) is 2.82. The van der Waals surface area contributed by atoms with Crippen molar-refractivity contribution in [1.29, 1.82) is 0 Å². The number of hydrogen-bond acceptors (Lipinski definition) is 3. The quantitative estimate of drug-likeness (QED) is 0.762. The molecule has 96 valence electrons. The first-order chi connectivity index (χ1) is 8.61. The summed E-state index contributed by atoms with van der Waals surface area (Å²) in [5, 5.41) is 19.7. The van der Waals surface area contributed by atoms with Gasteiger partial charge in [-0.1, -0.05) is 13.8 Å². The third-order valence-electron chi connectivity index (χ3n) is 3.02. The summed E-state index contributed by atoms with van der Waals surface area (Å²) in [6.45, 7) is 3.86. The van der Waals surface area contributed by atoms with Crippen molar-refractivity contribution in [3.63, 3.8) is 0 Å². The van der Waals surface area contributed by atoms with Crippen LogP contribution in [0.3, 0.4) is 0 Å². The van der Waals surface area contributed by atoms with Crippen LogP contribution in [-0.4, -0.2) is 33.9 Å². The molecule has 2 rings (SSSR count). The van der Waals surface area contributed by atoms with E-state index in [1.165, 1.54) is 0 Å². The number of H-pyrrole nitrogens is 1. The standard InChI is InChI=1S/C13H17N3O2/c1-8(2)12(7-17)15-13(18)9-3-4-11-10(5-9)6-14-16-11/h3-6,8,12,17H,7H2,1-2H3,(H,14,16)(H,15,18). The summed E-state index contributed by atoms with van der Waals surface area (Å²) in [6.07, 6.45) is 1.68. The monoisotopic (exact) mass is 247 g/mol. The minimum absolute atomic E-state index is 0.0582. The fourth-order valence-electron chi connectivity index (χ4n) is 1.76. The molecule has 1 heterocycles. The smallest absolute Gasteiger partial charge is 0.251 e. The number of aromatic nitrogens is 2. The van der Waals surface area contributed by atoms with Crippen LogP contribution in [0.15, 0.2) is 24.4 Å². The van der Waals surface area contributed by atoms with Gasteiger partial charge in [-0.2, -0.15) is 5.10 Å². The van der Waals surface area contributed by atoms with Crippen molar-refractivity contribution in [3.05, 3.63) is 30.0 Å². The molecule has 0 aliphatic heterocycles. The van der Waals surface area contributed by atoms with E-state index >= 15 is 0 Å². The van der Waals surface area contributed by atoms with Crippen LogP contribution in [0.5, 0.6) is 0 Å². The van der Waals surface area contributed by atoms with E-state index in [-0.39, 0.29) is 24.5 Å². The second kappa shape index (κ2) is 5.18. The summed E-state index contributed by atoms with van der Waals surface area (Å²) in [5.74, 6) is 0.0162. The number of nitrogens with one attached hydrogen (secondary N) is 2. The summed E-state index contributed by atoms with van der Waals surface area (Å²) in [5.41, 5.74) is 1.47. The van der Waals surface area contributed by atoms with Crippen molar-refractivity contribution in [3.8, 4) is 0 Å². The first kappa shape index (κ1) is 12.6. The predicted octanol–water partition coefficient (Wildman–Crippen LogP) is 1.31. The summed E-state index contributed by atoms with van der Waals surface area (Å²) in [4.78, 5) is 12.0. The molecule has 1 unspecified atom stereocenters. The number of rotatable bonds is 4. The number of nitrogens with zero attached hydrogens (tertiary/aromatic N) is 1. The lowest BCUT2D eigenvalue weighted by Crippen LogP contribution is -2.41. The number of aliphatic hydroxyl groups excluding tert-OH is 1. The molecule has 18 heavy (non-hydrogen) atoms. The molecule has 0 saturated heterocycles. The number of benzene rings is 1. The molecular formula is C13H17N3O2. The molecule has 1 aromatic heterocycles. The number of aromatic amines is 1. The van der Waals surface area contributed by atoms with Crippen LogP contribution in [0.1, 0.15) is 24.2 Å². The molecule has 5 nitrogen and oxygen atoms in total. The van der Waals surface area contributed by atoms with Gasteiger partial charge in [0.05, 0.1) is 24.4 Å². The highest BCUT2D eigenvalue weighted by atomic mass is 16.3. The second-order valence-electron chi connectivity index (χ2n) is 4.68. The molecule has 0 aliphatic carbocycles. The van der Waals surface area contributed by atoms with Gasteiger partial charge in [0.25, 0.3) is 5.91 Å². The van der Waals surface area contributed by atoms with Crippen molar-refractivity contribution in [2.45, 2.75) is 19.9 Å². The lowest BCUT2D eigenvalue weighted by Gasteiger charge is -2.19. The molecule has 1 amide bonds. The van der Waals surface area contributed by atoms with E-state index in [1.54, 1.807) is 18.3 Å². The van der Waals surface area contributed by atoms with E-state index < -0.39 is 0 Å². The van der Waals surface area contributed by atoms with Crippen molar-refractivity contribution in [2.24, 2.45) is 5.92 Å². The molecule has 1 aromatic carbocycles. The van der Waals surface area contributed by atoms with Crippen LogP contribution in [0.4, 0.5) is 0 Å². The van der Waals surface area contributed by atoms with Gasteiger partial charge < -0.3 is 10.4 Å². The third-order valence-corrected chi connectivity index (χ3v) is 3.02. The Morgan fingerprint density at radius 2 is 2.28 bits per heavy atom. The van der Waals surface area contributed by atoms with Gasteiger partial charge in [0.15, 0.2) is 0 Å². The maximum atomic E-state index is 12.0. The number of fused-ring (bicyclic) bond motifs is 1. The highest BCUT2D eigenvalue weighted by Gasteiger charge is 2.16. The molecule has 0 saturated carbocycles. The molecule has 0 spiro atoms.